The third-order valence-electron chi connectivity index (χ3n) is 8.60. The number of rotatable bonds is 6. The molecule has 5 rings (SSSR count). The van der Waals surface area contributed by atoms with Gasteiger partial charge in [0, 0.05) is 38.4 Å². The van der Waals surface area contributed by atoms with Crippen LogP contribution in [0, 0.1) is 11.8 Å². The molecule has 1 aromatic rings. The molecule has 9 nitrogen and oxygen atoms in total. The van der Waals surface area contributed by atoms with Crippen molar-refractivity contribution in [1.29, 1.82) is 0 Å². The van der Waals surface area contributed by atoms with Crippen molar-refractivity contribution in [3.63, 3.8) is 0 Å². The summed E-state index contributed by atoms with van der Waals surface area (Å²) in [5.74, 6) is 0.817. The Labute approximate surface area is 224 Å². The van der Waals surface area contributed by atoms with Crippen molar-refractivity contribution in [2.24, 2.45) is 11.8 Å². The maximum atomic E-state index is 13.5. The Kier molecular flexibility index (Phi) is 8.84. The van der Waals surface area contributed by atoms with Crippen LogP contribution in [0.25, 0.3) is 0 Å². The highest BCUT2D eigenvalue weighted by Gasteiger charge is 2.39. The molecule has 0 bridgehead atoms. The maximum Gasteiger partial charge on any atom is 0.257 e. The molecule has 1 aromatic carbocycles. The summed E-state index contributed by atoms with van der Waals surface area (Å²) in [6.45, 7) is 2.24. The van der Waals surface area contributed by atoms with Crippen LogP contribution in [0.15, 0.2) is 18.2 Å². The summed E-state index contributed by atoms with van der Waals surface area (Å²) in [6, 6.07) is 5.07. The SMILES string of the molecule is CN1C(=O)c2cc(NC(=O)C3CCOCC3)ccc2OC[C@H]2O[C@H](CC(=O)NCC3CCCCC3)CC[C@@H]21. The summed E-state index contributed by atoms with van der Waals surface area (Å²) in [7, 11) is 1.79. The molecule has 3 heterocycles. The molecule has 0 aromatic heterocycles. The predicted octanol–water partition coefficient (Wildman–Crippen LogP) is 3.52. The zero-order valence-electron chi connectivity index (χ0n) is 22.4. The van der Waals surface area contributed by atoms with Crippen LogP contribution in [0.4, 0.5) is 5.69 Å². The molecule has 1 saturated carbocycles. The van der Waals surface area contributed by atoms with Crippen molar-refractivity contribution < 1.29 is 28.6 Å². The fraction of sp³-hybridized carbons (Fsp3) is 0.690. The number of hydrogen-bond donors (Lipinski definition) is 2. The molecule has 0 unspecified atom stereocenters. The van der Waals surface area contributed by atoms with Gasteiger partial charge in [0.1, 0.15) is 18.5 Å². The Bertz CT molecular complexity index is 1000. The second kappa shape index (κ2) is 12.5. The van der Waals surface area contributed by atoms with Crippen LogP contribution in [0.2, 0.25) is 0 Å². The summed E-state index contributed by atoms with van der Waals surface area (Å²) in [5.41, 5.74) is 1.02. The number of carbonyl (C=O) groups excluding carboxylic acids is 3. The molecular weight excluding hydrogens is 486 g/mol. The van der Waals surface area contributed by atoms with Gasteiger partial charge in [0.05, 0.1) is 24.1 Å². The van der Waals surface area contributed by atoms with E-state index in [0.29, 0.717) is 68.4 Å². The van der Waals surface area contributed by atoms with Crippen molar-refractivity contribution in [1.82, 2.24) is 10.2 Å². The average molecular weight is 528 g/mol. The predicted molar refractivity (Wildman–Crippen MR) is 142 cm³/mol. The van der Waals surface area contributed by atoms with E-state index in [1.807, 2.05) is 0 Å². The Morgan fingerprint density at radius 1 is 1.03 bits per heavy atom. The summed E-state index contributed by atoms with van der Waals surface area (Å²) < 4.78 is 17.7. The molecule has 0 radical (unpaired) electrons. The molecular formula is C29H41N3O6. The summed E-state index contributed by atoms with van der Waals surface area (Å²) >= 11 is 0. The molecule has 208 valence electrons. The van der Waals surface area contributed by atoms with Gasteiger partial charge in [0.15, 0.2) is 0 Å². The van der Waals surface area contributed by atoms with E-state index in [2.05, 4.69) is 10.6 Å². The van der Waals surface area contributed by atoms with Gasteiger partial charge in [-0.05, 0) is 62.6 Å². The molecule has 3 aliphatic heterocycles. The van der Waals surface area contributed by atoms with E-state index in [9.17, 15) is 14.4 Å². The zero-order valence-corrected chi connectivity index (χ0v) is 22.4. The van der Waals surface area contributed by atoms with Gasteiger partial charge >= 0.3 is 0 Å². The first-order chi connectivity index (χ1) is 18.5. The van der Waals surface area contributed by atoms with Gasteiger partial charge in [-0.2, -0.15) is 0 Å². The van der Waals surface area contributed by atoms with Crippen molar-refractivity contribution in [3.8, 4) is 5.75 Å². The molecule has 0 spiro atoms. The minimum Gasteiger partial charge on any atom is -0.490 e. The monoisotopic (exact) mass is 527 g/mol. The summed E-state index contributed by atoms with van der Waals surface area (Å²) in [5, 5.41) is 6.07. The van der Waals surface area contributed by atoms with Crippen LogP contribution in [-0.2, 0) is 19.1 Å². The second-order valence-corrected chi connectivity index (χ2v) is 11.3. The molecule has 3 fully saturated rings. The standard InChI is InChI=1S/C29H41N3O6/c1-32-24-9-8-22(16-27(33)30-17-19-5-3-2-4-6-19)38-26(24)18-37-25-10-7-21(15-23(25)29(32)35)31-28(34)20-11-13-36-14-12-20/h7,10,15,19-20,22,24,26H,2-6,8-9,11-14,16-18H2,1H3,(H,30,33)(H,31,34)/t22-,24-,26+/m0/s1. The number of carbonyl (C=O) groups is 3. The lowest BCUT2D eigenvalue weighted by molar-refractivity contribution is -0.134. The van der Waals surface area contributed by atoms with Crippen LogP contribution in [0.1, 0.15) is 74.6 Å². The van der Waals surface area contributed by atoms with E-state index in [0.717, 1.165) is 13.0 Å². The first kappa shape index (κ1) is 26.9. The van der Waals surface area contributed by atoms with Gasteiger partial charge in [-0.25, -0.2) is 0 Å². The molecule has 1 aliphatic carbocycles. The lowest BCUT2D eigenvalue weighted by Gasteiger charge is -2.42. The summed E-state index contributed by atoms with van der Waals surface area (Å²) in [4.78, 5) is 40.5. The van der Waals surface area contributed by atoms with Gasteiger partial charge in [-0.15, -0.1) is 0 Å². The number of nitrogens with zero attached hydrogens (tertiary/aromatic N) is 1. The van der Waals surface area contributed by atoms with Gasteiger partial charge in [0.25, 0.3) is 5.91 Å². The van der Waals surface area contributed by atoms with Crippen LogP contribution in [-0.4, -0.2) is 74.3 Å². The molecule has 3 atom stereocenters. The Morgan fingerprint density at radius 3 is 2.61 bits per heavy atom. The zero-order chi connectivity index (χ0) is 26.5. The van der Waals surface area contributed by atoms with Crippen LogP contribution < -0.4 is 15.4 Å². The van der Waals surface area contributed by atoms with E-state index in [1.54, 1.807) is 30.1 Å². The average Bonchev–Trinajstić information content (AvgIpc) is 2.95. The van der Waals surface area contributed by atoms with E-state index in [-0.39, 0.29) is 41.9 Å². The van der Waals surface area contributed by atoms with Gasteiger partial charge in [0.2, 0.25) is 11.8 Å². The lowest BCUT2D eigenvalue weighted by atomic mass is 9.89. The van der Waals surface area contributed by atoms with Crippen molar-refractivity contribution in [3.05, 3.63) is 23.8 Å². The van der Waals surface area contributed by atoms with E-state index in [4.69, 9.17) is 14.2 Å². The third kappa shape index (κ3) is 6.49. The lowest BCUT2D eigenvalue weighted by Crippen LogP contribution is -2.54. The third-order valence-corrected chi connectivity index (χ3v) is 8.60. The number of ether oxygens (including phenoxy) is 3. The summed E-state index contributed by atoms with van der Waals surface area (Å²) in [6.07, 6.45) is 8.93. The number of nitrogens with one attached hydrogen (secondary N) is 2. The second-order valence-electron chi connectivity index (χ2n) is 11.3. The minimum absolute atomic E-state index is 0.0379. The highest BCUT2D eigenvalue weighted by molar-refractivity contribution is 6.00. The fourth-order valence-corrected chi connectivity index (χ4v) is 6.24. The van der Waals surface area contributed by atoms with E-state index < -0.39 is 0 Å². The van der Waals surface area contributed by atoms with E-state index in [1.165, 1.54) is 32.1 Å². The van der Waals surface area contributed by atoms with Crippen LogP contribution in [0.3, 0.4) is 0 Å². The smallest absolute Gasteiger partial charge is 0.257 e. The molecule has 4 aliphatic rings. The van der Waals surface area contributed by atoms with Crippen molar-refractivity contribution in [2.45, 2.75) is 82.5 Å². The van der Waals surface area contributed by atoms with Crippen molar-refractivity contribution in [2.75, 3.05) is 38.7 Å². The largest absolute Gasteiger partial charge is 0.490 e. The molecule has 2 saturated heterocycles. The van der Waals surface area contributed by atoms with Crippen LogP contribution in [0.5, 0.6) is 5.75 Å². The highest BCUT2D eigenvalue weighted by Crippen LogP contribution is 2.33. The van der Waals surface area contributed by atoms with E-state index >= 15 is 0 Å². The Hall–Kier alpha value is -2.65. The molecule has 2 N–H and O–H groups in total. The normalized spacial score (nSPS) is 26.8. The van der Waals surface area contributed by atoms with Gasteiger partial charge in [-0.1, -0.05) is 19.3 Å². The quantitative estimate of drug-likeness (QED) is 0.587. The number of likely N-dealkylation sites (N-methyl/N-ethyl adjacent to an activating group) is 1. The number of amides is 3. The Morgan fingerprint density at radius 2 is 1.82 bits per heavy atom. The highest BCUT2D eigenvalue weighted by atomic mass is 16.5. The number of hydrogen-bond acceptors (Lipinski definition) is 6. The van der Waals surface area contributed by atoms with Gasteiger partial charge < -0.3 is 29.7 Å². The first-order valence-electron chi connectivity index (χ1n) is 14.3. The first-order valence-corrected chi connectivity index (χ1v) is 14.3. The van der Waals surface area contributed by atoms with Crippen molar-refractivity contribution >= 4 is 23.4 Å². The fourth-order valence-electron chi connectivity index (χ4n) is 6.24. The Balaban J connectivity index is 1.18. The number of benzene rings is 1. The number of fused-ring (bicyclic) bond motifs is 2. The topological polar surface area (TPSA) is 106 Å². The molecule has 9 heteroatoms. The van der Waals surface area contributed by atoms with Gasteiger partial charge in [-0.3, -0.25) is 14.4 Å². The minimum atomic E-state index is -0.310. The van der Waals surface area contributed by atoms with Crippen LogP contribution >= 0.6 is 0 Å². The molecule has 38 heavy (non-hydrogen) atoms. The molecule has 3 amide bonds. The maximum absolute atomic E-state index is 13.5. The number of anilines is 1.